The predicted molar refractivity (Wildman–Crippen MR) is 83.4 cm³/mol. The molecule has 0 aliphatic carbocycles. The molecule has 0 spiro atoms. The SMILES string of the molecule is CCOOP(=O)(OOCC)c1ccc2c(c1)C(C)(C)C(C)=[NH+]2.[I-]. The van der Waals surface area contributed by atoms with Crippen LogP contribution in [0.25, 0.3) is 0 Å². The number of hydrogen-bond acceptors (Lipinski definition) is 5. The summed E-state index contributed by atoms with van der Waals surface area (Å²) in [4.78, 5) is 13.0. The van der Waals surface area contributed by atoms with Gasteiger partial charge in [0.2, 0.25) is 5.69 Å². The van der Waals surface area contributed by atoms with E-state index in [0.29, 0.717) is 5.30 Å². The van der Waals surface area contributed by atoms with Crippen molar-refractivity contribution in [2.75, 3.05) is 13.2 Å². The maximum atomic E-state index is 12.9. The smallest absolute Gasteiger partial charge is 0.414 e. The summed E-state index contributed by atoms with van der Waals surface area (Å²) >= 11 is 0. The molecule has 0 saturated carbocycles. The van der Waals surface area contributed by atoms with Crippen molar-refractivity contribution in [3.63, 3.8) is 0 Å². The van der Waals surface area contributed by atoms with E-state index >= 15 is 0 Å². The summed E-state index contributed by atoms with van der Waals surface area (Å²) in [5, 5.41) is 0.401. The molecule has 0 fully saturated rings. The Labute approximate surface area is 154 Å². The lowest BCUT2D eigenvalue weighted by Crippen LogP contribution is -3.00. The highest BCUT2D eigenvalue weighted by molar-refractivity contribution is 7.62. The predicted octanol–water partition coefficient (Wildman–Crippen LogP) is -1.09. The molecule has 0 amide bonds. The van der Waals surface area contributed by atoms with Crippen LogP contribution in [-0.2, 0) is 29.1 Å². The van der Waals surface area contributed by atoms with Gasteiger partial charge in [-0.1, -0.05) is 0 Å². The van der Waals surface area contributed by atoms with Gasteiger partial charge in [-0.3, -0.25) is 0 Å². The molecular formula is C15H23INO5P. The van der Waals surface area contributed by atoms with Crippen molar-refractivity contribution < 1.29 is 52.7 Å². The molecule has 1 heterocycles. The molecule has 1 aromatic rings. The molecule has 0 unspecified atom stereocenters. The number of rotatable bonds is 7. The topological polar surface area (TPSA) is 68.0 Å². The van der Waals surface area contributed by atoms with Crippen molar-refractivity contribution in [2.45, 2.75) is 40.0 Å². The van der Waals surface area contributed by atoms with Gasteiger partial charge in [0.1, 0.15) is 0 Å². The van der Waals surface area contributed by atoms with Crippen LogP contribution in [0.4, 0.5) is 5.69 Å². The van der Waals surface area contributed by atoms with Crippen molar-refractivity contribution in [1.82, 2.24) is 0 Å². The van der Waals surface area contributed by atoms with Gasteiger partial charge in [0.25, 0.3) is 0 Å². The van der Waals surface area contributed by atoms with Crippen LogP contribution < -0.4 is 34.3 Å². The van der Waals surface area contributed by atoms with Crippen molar-refractivity contribution in [1.29, 1.82) is 0 Å². The Bertz CT molecular complexity index is 620. The van der Waals surface area contributed by atoms with Gasteiger partial charge in [0.05, 0.1) is 23.9 Å². The van der Waals surface area contributed by atoms with Crippen LogP contribution in [0.1, 0.15) is 40.2 Å². The average molecular weight is 455 g/mol. The summed E-state index contributed by atoms with van der Waals surface area (Å²) in [6.07, 6.45) is 0. The van der Waals surface area contributed by atoms with E-state index in [-0.39, 0.29) is 42.6 Å². The minimum absolute atomic E-state index is 0. The maximum Gasteiger partial charge on any atom is 0.414 e. The molecule has 23 heavy (non-hydrogen) atoms. The van der Waals surface area contributed by atoms with E-state index in [1.165, 1.54) is 0 Å². The van der Waals surface area contributed by atoms with Gasteiger partial charge in [0, 0.05) is 18.6 Å². The molecule has 0 radical (unpaired) electrons. The van der Waals surface area contributed by atoms with Gasteiger partial charge in [0.15, 0.2) is 5.71 Å². The minimum Gasteiger partial charge on any atom is -1.00 e. The third-order valence-electron chi connectivity index (χ3n) is 3.79. The van der Waals surface area contributed by atoms with Gasteiger partial charge in [-0.25, -0.2) is 19.3 Å². The first kappa shape index (κ1) is 20.7. The Morgan fingerprint density at radius 3 is 2.22 bits per heavy atom. The highest BCUT2D eigenvalue weighted by atomic mass is 127. The molecule has 0 atom stereocenters. The third-order valence-corrected chi connectivity index (χ3v) is 5.30. The quantitative estimate of drug-likeness (QED) is 0.245. The molecule has 1 aromatic carbocycles. The number of halogens is 1. The van der Waals surface area contributed by atoms with Gasteiger partial charge in [-0.15, -0.1) is 9.35 Å². The fraction of sp³-hybridized carbons (Fsp3) is 0.533. The normalized spacial score (nSPS) is 15.8. The van der Waals surface area contributed by atoms with Crippen molar-refractivity contribution in [3.05, 3.63) is 23.8 Å². The van der Waals surface area contributed by atoms with Crippen LogP contribution >= 0.6 is 7.60 Å². The maximum absolute atomic E-state index is 12.9. The largest absolute Gasteiger partial charge is 1.00 e. The van der Waals surface area contributed by atoms with Crippen LogP contribution in [-0.4, -0.2) is 18.9 Å². The van der Waals surface area contributed by atoms with Gasteiger partial charge in [-0.05, 0) is 39.8 Å². The van der Waals surface area contributed by atoms with Crippen LogP contribution in [0.15, 0.2) is 18.2 Å². The molecule has 130 valence electrons. The van der Waals surface area contributed by atoms with E-state index < -0.39 is 7.60 Å². The van der Waals surface area contributed by atoms with E-state index in [4.69, 9.17) is 19.1 Å². The molecule has 1 aliphatic rings. The molecule has 6 nitrogen and oxygen atoms in total. The van der Waals surface area contributed by atoms with Gasteiger partial charge >= 0.3 is 7.60 Å². The summed E-state index contributed by atoms with van der Waals surface area (Å²) in [7, 11) is -3.69. The number of fused-ring (bicyclic) bond motifs is 1. The van der Waals surface area contributed by atoms with Crippen LogP contribution in [0.2, 0.25) is 0 Å². The molecule has 0 bridgehead atoms. The van der Waals surface area contributed by atoms with Crippen molar-refractivity contribution in [3.8, 4) is 0 Å². The third kappa shape index (κ3) is 4.21. The van der Waals surface area contributed by atoms with E-state index in [0.717, 1.165) is 17.0 Å². The van der Waals surface area contributed by atoms with Crippen LogP contribution in [0.3, 0.4) is 0 Å². The fourth-order valence-corrected chi connectivity index (χ4v) is 3.46. The lowest BCUT2D eigenvalue weighted by atomic mass is 9.82. The van der Waals surface area contributed by atoms with E-state index in [9.17, 15) is 4.57 Å². The first-order chi connectivity index (χ1) is 10.3. The molecule has 2 rings (SSSR count). The zero-order chi connectivity index (χ0) is 16.4. The van der Waals surface area contributed by atoms with Crippen LogP contribution in [0, 0.1) is 0 Å². The lowest BCUT2D eigenvalue weighted by molar-refractivity contribution is -0.351. The molecular weight excluding hydrogens is 432 g/mol. The molecule has 0 aromatic heterocycles. The number of nitrogens with one attached hydrogen (secondary N) is 1. The number of hydrogen-bond donors (Lipinski definition) is 1. The summed E-state index contributed by atoms with van der Waals surface area (Å²) in [5.74, 6) is 0. The summed E-state index contributed by atoms with van der Waals surface area (Å²) < 4.78 is 22.9. The zero-order valence-electron chi connectivity index (χ0n) is 14.0. The molecule has 0 saturated heterocycles. The zero-order valence-corrected chi connectivity index (χ0v) is 17.1. The first-order valence-corrected chi connectivity index (χ1v) is 8.88. The average Bonchev–Trinajstić information content (AvgIpc) is 2.73. The van der Waals surface area contributed by atoms with Crippen LogP contribution in [0.5, 0.6) is 0 Å². The Morgan fingerprint density at radius 2 is 1.70 bits per heavy atom. The molecule has 8 heteroatoms. The van der Waals surface area contributed by atoms with Crippen molar-refractivity contribution >= 4 is 24.3 Å². The lowest BCUT2D eigenvalue weighted by Gasteiger charge is -2.19. The number of benzene rings is 1. The summed E-state index contributed by atoms with van der Waals surface area (Å²) in [6.45, 7) is 10.2. The standard InChI is InChI=1S/C15H22NO5P.HI/c1-6-18-20-22(17,21-19-7-2)12-8-9-14-13(10-12)15(4,5)11(3)16-14;/h8-10H,6-7H2,1-5H3;1H. The fourth-order valence-electron chi connectivity index (χ4n) is 2.23. The second-order valence-electron chi connectivity index (χ2n) is 5.56. The van der Waals surface area contributed by atoms with Gasteiger partial charge in [-0.2, -0.15) is 0 Å². The molecule has 1 aliphatic heterocycles. The summed E-state index contributed by atoms with van der Waals surface area (Å²) in [5.41, 5.74) is 2.98. The van der Waals surface area contributed by atoms with E-state index in [2.05, 4.69) is 18.8 Å². The second-order valence-corrected chi connectivity index (χ2v) is 7.37. The second kappa shape index (κ2) is 8.18. The first-order valence-electron chi connectivity index (χ1n) is 7.33. The highest BCUT2D eigenvalue weighted by Crippen LogP contribution is 2.48. The van der Waals surface area contributed by atoms with E-state index in [1.807, 2.05) is 19.1 Å². The Balaban J connectivity index is 0.00000264. The van der Waals surface area contributed by atoms with Gasteiger partial charge < -0.3 is 24.0 Å². The van der Waals surface area contributed by atoms with Crippen molar-refractivity contribution in [2.24, 2.45) is 0 Å². The monoisotopic (exact) mass is 455 g/mol. The minimum atomic E-state index is -3.69. The Kier molecular flexibility index (Phi) is 7.37. The Morgan fingerprint density at radius 1 is 1.13 bits per heavy atom. The Hall–Kier alpha value is -0.310. The van der Waals surface area contributed by atoms with E-state index in [1.54, 1.807) is 19.9 Å². The highest BCUT2D eigenvalue weighted by Gasteiger charge is 2.41. The molecule has 1 N–H and O–H groups in total. The summed E-state index contributed by atoms with van der Waals surface area (Å²) in [6, 6.07) is 5.37.